The van der Waals surface area contributed by atoms with Crippen LogP contribution in [-0.4, -0.2) is 18.5 Å². The molecule has 5 heteroatoms. The number of anilines is 1. The molecule has 98 valence electrons. The topological polar surface area (TPSA) is 41.1 Å². The zero-order valence-corrected chi connectivity index (χ0v) is 11.7. The lowest BCUT2D eigenvalue weighted by atomic mass is 9.92. The summed E-state index contributed by atoms with van der Waals surface area (Å²) in [5.41, 5.74) is 0.695. The normalized spacial score (nSPS) is 23.7. The van der Waals surface area contributed by atoms with E-state index in [-0.39, 0.29) is 11.8 Å². The highest BCUT2D eigenvalue weighted by Crippen LogP contribution is 2.26. The van der Waals surface area contributed by atoms with Crippen molar-refractivity contribution in [3.8, 4) is 0 Å². The number of halogens is 2. The van der Waals surface area contributed by atoms with Crippen LogP contribution in [0.2, 0.25) is 10.0 Å². The van der Waals surface area contributed by atoms with Crippen molar-refractivity contribution in [2.75, 3.05) is 11.9 Å². The molecule has 2 N–H and O–H groups in total. The summed E-state index contributed by atoms with van der Waals surface area (Å²) in [5.74, 6) is 0.123. The van der Waals surface area contributed by atoms with Gasteiger partial charge in [0.1, 0.15) is 0 Å². The lowest BCUT2D eigenvalue weighted by Gasteiger charge is -2.27. The highest BCUT2D eigenvalue weighted by Gasteiger charge is 2.24. The van der Waals surface area contributed by atoms with Crippen LogP contribution < -0.4 is 10.6 Å². The molecule has 0 aromatic heterocycles. The Kier molecular flexibility index (Phi) is 4.49. The maximum absolute atomic E-state index is 12.1. The fraction of sp³-hybridized carbons (Fsp3) is 0.462. The number of amides is 1. The highest BCUT2D eigenvalue weighted by atomic mass is 35.5. The molecule has 2 atom stereocenters. The van der Waals surface area contributed by atoms with Crippen molar-refractivity contribution in [1.29, 1.82) is 0 Å². The molecular weight excluding hydrogens is 271 g/mol. The first-order chi connectivity index (χ1) is 8.56. The Bertz CT molecular complexity index is 451. The largest absolute Gasteiger partial charge is 0.326 e. The van der Waals surface area contributed by atoms with Gasteiger partial charge in [-0.15, -0.1) is 0 Å². The quantitative estimate of drug-likeness (QED) is 0.876. The summed E-state index contributed by atoms with van der Waals surface area (Å²) < 4.78 is 0. The van der Waals surface area contributed by atoms with Gasteiger partial charge in [-0.25, -0.2) is 0 Å². The van der Waals surface area contributed by atoms with Crippen LogP contribution in [-0.2, 0) is 4.79 Å². The monoisotopic (exact) mass is 286 g/mol. The van der Waals surface area contributed by atoms with Gasteiger partial charge in [-0.3, -0.25) is 4.79 Å². The van der Waals surface area contributed by atoms with Gasteiger partial charge in [0.15, 0.2) is 0 Å². The van der Waals surface area contributed by atoms with Crippen molar-refractivity contribution in [2.24, 2.45) is 5.92 Å². The molecule has 0 saturated carbocycles. The van der Waals surface area contributed by atoms with Crippen LogP contribution in [0.1, 0.15) is 19.8 Å². The number of carbonyl (C=O) groups excluding carboxylic acids is 1. The Morgan fingerprint density at radius 3 is 2.83 bits per heavy atom. The number of piperidine rings is 1. The summed E-state index contributed by atoms with van der Waals surface area (Å²) >= 11 is 11.7. The SMILES string of the molecule is C[C@H]1C[C@@H](C(=O)Nc2ccc(Cl)c(Cl)c2)CCN1. The van der Waals surface area contributed by atoms with E-state index in [1.807, 2.05) is 0 Å². The van der Waals surface area contributed by atoms with E-state index in [4.69, 9.17) is 23.2 Å². The minimum atomic E-state index is 0.0572. The Balaban J connectivity index is 2.00. The van der Waals surface area contributed by atoms with Crippen LogP contribution in [0.25, 0.3) is 0 Å². The number of rotatable bonds is 2. The molecule has 2 rings (SSSR count). The van der Waals surface area contributed by atoms with Crippen LogP contribution in [0.4, 0.5) is 5.69 Å². The standard InChI is InChI=1S/C13H16Cl2N2O/c1-8-6-9(4-5-16-8)13(18)17-10-2-3-11(14)12(15)7-10/h2-3,7-9,16H,4-6H2,1H3,(H,17,18)/t8-,9-/m0/s1. The maximum atomic E-state index is 12.1. The molecule has 1 aromatic rings. The maximum Gasteiger partial charge on any atom is 0.227 e. The molecular formula is C13H16Cl2N2O. The summed E-state index contributed by atoms with van der Waals surface area (Å²) in [6, 6.07) is 5.51. The van der Waals surface area contributed by atoms with E-state index in [1.165, 1.54) is 0 Å². The zero-order valence-electron chi connectivity index (χ0n) is 10.2. The zero-order chi connectivity index (χ0) is 13.1. The number of nitrogens with one attached hydrogen (secondary N) is 2. The molecule has 1 amide bonds. The second-order valence-electron chi connectivity index (χ2n) is 4.69. The van der Waals surface area contributed by atoms with Gasteiger partial charge in [0.05, 0.1) is 10.0 Å². The van der Waals surface area contributed by atoms with Crippen LogP contribution in [0.5, 0.6) is 0 Å². The smallest absolute Gasteiger partial charge is 0.227 e. The lowest BCUT2D eigenvalue weighted by Crippen LogP contribution is -2.40. The fourth-order valence-corrected chi connectivity index (χ4v) is 2.49. The van der Waals surface area contributed by atoms with Gasteiger partial charge in [0, 0.05) is 17.6 Å². The molecule has 18 heavy (non-hydrogen) atoms. The van der Waals surface area contributed by atoms with Gasteiger partial charge in [0.25, 0.3) is 0 Å². The third-order valence-corrected chi connectivity index (χ3v) is 3.92. The van der Waals surface area contributed by atoms with Crippen LogP contribution in [0.15, 0.2) is 18.2 Å². The molecule has 3 nitrogen and oxygen atoms in total. The van der Waals surface area contributed by atoms with E-state index < -0.39 is 0 Å². The van der Waals surface area contributed by atoms with Crippen molar-refractivity contribution in [2.45, 2.75) is 25.8 Å². The molecule has 0 unspecified atom stereocenters. The van der Waals surface area contributed by atoms with Crippen LogP contribution >= 0.6 is 23.2 Å². The lowest BCUT2D eigenvalue weighted by molar-refractivity contribution is -0.120. The summed E-state index contributed by atoms with van der Waals surface area (Å²) in [6.45, 7) is 2.99. The average molecular weight is 287 g/mol. The van der Waals surface area contributed by atoms with Gasteiger partial charge in [-0.1, -0.05) is 23.2 Å². The van der Waals surface area contributed by atoms with Crippen molar-refractivity contribution in [1.82, 2.24) is 5.32 Å². The number of hydrogen-bond donors (Lipinski definition) is 2. The second-order valence-corrected chi connectivity index (χ2v) is 5.51. The van der Waals surface area contributed by atoms with Gasteiger partial charge >= 0.3 is 0 Å². The van der Waals surface area contributed by atoms with E-state index in [1.54, 1.807) is 18.2 Å². The first-order valence-electron chi connectivity index (χ1n) is 6.05. The Labute approximate surface area is 117 Å². The minimum absolute atomic E-state index is 0.0572. The van der Waals surface area contributed by atoms with E-state index >= 15 is 0 Å². The summed E-state index contributed by atoms with van der Waals surface area (Å²) in [7, 11) is 0. The number of benzene rings is 1. The summed E-state index contributed by atoms with van der Waals surface area (Å²) in [5, 5.41) is 7.16. The summed E-state index contributed by atoms with van der Waals surface area (Å²) in [6.07, 6.45) is 1.74. The molecule has 0 aliphatic carbocycles. The van der Waals surface area contributed by atoms with Gasteiger partial charge in [0.2, 0.25) is 5.91 Å². The second kappa shape index (κ2) is 5.91. The molecule has 1 aliphatic heterocycles. The Morgan fingerprint density at radius 1 is 1.39 bits per heavy atom. The molecule has 1 fully saturated rings. The molecule has 1 aliphatic rings. The highest BCUT2D eigenvalue weighted by molar-refractivity contribution is 6.42. The molecule has 1 saturated heterocycles. The van der Waals surface area contributed by atoms with E-state index in [0.717, 1.165) is 19.4 Å². The van der Waals surface area contributed by atoms with Gasteiger partial charge in [-0.2, -0.15) is 0 Å². The van der Waals surface area contributed by atoms with Gasteiger partial charge < -0.3 is 10.6 Å². The average Bonchev–Trinajstić information content (AvgIpc) is 2.34. The van der Waals surface area contributed by atoms with E-state index in [9.17, 15) is 4.79 Å². The third kappa shape index (κ3) is 3.37. The fourth-order valence-electron chi connectivity index (χ4n) is 2.19. The van der Waals surface area contributed by atoms with Crippen molar-refractivity contribution < 1.29 is 4.79 Å². The number of hydrogen-bond acceptors (Lipinski definition) is 2. The number of carbonyl (C=O) groups is 1. The molecule has 0 spiro atoms. The first-order valence-corrected chi connectivity index (χ1v) is 6.81. The minimum Gasteiger partial charge on any atom is -0.326 e. The van der Waals surface area contributed by atoms with Crippen LogP contribution in [0.3, 0.4) is 0 Å². The van der Waals surface area contributed by atoms with Gasteiger partial charge in [-0.05, 0) is 44.5 Å². The molecule has 1 aromatic carbocycles. The third-order valence-electron chi connectivity index (χ3n) is 3.18. The van der Waals surface area contributed by atoms with Crippen molar-refractivity contribution in [3.63, 3.8) is 0 Å². The predicted molar refractivity (Wildman–Crippen MR) is 75.3 cm³/mol. The Morgan fingerprint density at radius 2 is 2.17 bits per heavy atom. The molecule has 0 bridgehead atoms. The molecule has 1 heterocycles. The predicted octanol–water partition coefficient (Wildman–Crippen LogP) is 3.32. The first kappa shape index (κ1) is 13.7. The molecule has 0 radical (unpaired) electrons. The Hall–Kier alpha value is -0.770. The van der Waals surface area contributed by atoms with Crippen molar-refractivity contribution in [3.05, 3.63) is 28.2 Å². The summed E-state index contributed by atoms with van der Waals surface area (Å²) in [4.78, 5) is 12.1. The van der Waals surface area contributed by atoms with E-state index in [0.29, 0.717) is 21.8 Å². The van der Waals surface area contributed by atoms with E-state index in [2.05, 4.69) is 17.6 Å². The van der Waals surface area contributed by atoms with Crippen LogP contribution in [0, 0.1) is 5.92 Å². The van der Waals surface area contributed by atoms with Crippen molar-refractivity contribution >= 4 is 34.8 Å².